The lowest BCUT2D eigenvalue weighted by Gasteiger charge is -2.43. The largest absolute Gasteiger partial charge is 0.496 e. The molecule has 1 aliphatic rings. The highest BCUT2D eigenvalue weighted by molar-refractivity contribution is 8.00. The van der Waals surface area contributed by atoms with Crippen LogP contribution < -0.4 is 15.0 Å². The molecule has 1 atom stereocenters. The molecule has 2 heterocycles. The van der Waals surface area contributed by atoms with E-state index in [4.69, 9.17) is 4.74 Å². The zero-order valence-corrected chi connectivity index (χ0v) is 20.1. The lowest BCUT2D eigenvalue weighted by atomic mass is 9.96. The van der Waals surface area contributed by atoms with Crippen LogP contribution in [-0.4, -0.2) is 44.5 Å². The molecule has 1 unspecified atom stereocenters. The van der Waals surface area contributed by atoms with Crippen molar-refractivity contribution in [3.8, 4) is 17.1 Å². The van der Waals surface area contributed by atoms with E-state index in [9.17, 15) is 9.59 Å². The molecule has 3 aromatic rings. The van der Waals surface area contributed by atoms with Gasteiger partial charge in [0.1, 0.15) is 11.3 Å². The zero-order valence-electron chi connectivity index (χ0n) is 19.3. The van der Waals surface area contributed by atoms with Crippen LogP contribution in [0, 0.1) is 0 Å². The fourth-order valence-corrected chi connectivity index (χ4v) is 4.88. The molecule has 1 aromatic heterocycles. The minimum atomic E-state index is -1.03. The van der Waals surface area contributed by atoms with Crippen LogP contribution in [0.4, 0.5) is 11.4 Å². The fraction of sp³-hybridized carbons (Fsp3) is 0.333. The number of nitrogens with zero attached hydrogens (tertiary/aromatic N) is 4. The number of thioether (sulfide) groups is 1. The van der Waals surface area contributed by atoms with Gasteiger partial charge in [-0.1, -0.05) is 36.0 Å². The Balaban J connectivity index is 1.65. The van der Waals surface area contributed by atoms with Gasteiger partial charge in [0, 0.05) is 6.54 Å². The van der Waals surface area contributed by atoms with Crippen molar-refractivity contribution in [2.75, 3.05) is 17.3 Å². The first-order valence-corrected chi connectivity index (χ1v) is 11.6. The summed E-state index contributed by atoms with van der Waals surface area (Å²) >= 11 is 1.33. The van der Waals surface area contributed by atoms with Crippen molar-refractivity contribution in [2.45, 2.75) is 50.2 Å². The van der Waals surface area contributed by atoms with E-state index in [0.717, 1.165) is 5.56 Å². The molecule has 9 heteroatoms. The summed E-state index contributed by atoms with van der Waals surface area (Å²) in [6.07, 6.45) is 0. The number of fused-ring (bicyclic) bond motifs is 1. The average molecular weight is 466 g/mol. The van der Waals surface area contributed by atoms with Gasteiger partial charge in [0.05, 0.1) is 29.3 Å². The number of hydrogen-bond donors (Lipinski definition) is 1. The van der Waals surface area contributed by atoms with Crippen LogP contribution in [0.1, 0.15) is 27.7 Å². The average Bonchev–Trinajstić information content (AvgIpc) is 3.21. The highest BCUT2D eigenvalue weighted by Crippen LogP contribution is 2.39. The van der Waals surface area contributed by atoms with Crippen molar-refractivity contribution in [3.05, 3.63) is 48.5 Å². The number of amides is 2. The minimum Gasteiger partial charge on any atom is -0.496 e. The summed E-state index contributed by atoms with van der Waals surface area (Å²) in [4.78, 5) is 28.0. The number of hydrogen-bond acceptors (Lipinski definition) is 6. The molecule has 8 nitrogen and oxygen atoms in total. The van der Waals surface area contributed by atoms with E-state index in [0.29, 0.717) is 34.6 Å². The molecule has 1 N–H and O–H groups in total. The third-order valence-electron chi connectivity index (χ3n) is 5.74. The van der Waals surface area contributed by atoms with E-state index >= 15 is 0 Å². The molecule has 1 aliphatic heterocycles. The Morgan fingerprint density at radius 2 is 1.85 bits per heavy atom. The predicted molar refractivity (Wildman–Crippen MR) is 130 cm³/mol. The number of carbonyl (C=O) groups is 2. The summed E-state index contributed by atoms with van der Waals surface area (Å²) in [5, 5.41) is 11.8. The van der Waals surface area contributed by atoms with Crippen molar-refractivity contribution >= 4 is 35.0 Å². The topological polar surface area (TPSA) is 89.4 Å². The first-order chi connectivity index (χ1) is 15.8. The third-order valence-corrected chi connectivity index (χ3v) is 6.81. The van der Waals surface area contributed by atoms with Crippen molar-refractivity contribution < 1.29 is 14.3 Å². The maximum absolute atomic E-state index is 13.7. The Morgan fingerprint density at radius 3 is 2.58 bits per heavy atom. The molecule has 0 aliphatic carbocycles. The quantitative estimate of drug-likeness (QED) is 0.549. The fourth-order valence-electron chi connectivity index (χ4n) is 3.93. The van der Waals surface area contributed by atoms with Gasteiger partial charge in [-0.05, 0) is 52.0 Å². The van der Waals surface area contributed by atoms with Crippen molar-refractivity contribution in [1.29, 1.82) is 0 Å². The molecule has 0 spiro atoms. The lowest BCUT2D eigenvalue weighted by Crippen LogP contribution is -2.60. The molecule has 172 valence electrons. The summed E-state index contributed by atoms with van der Waals surface area (Å²) < 4.78 is 7.45. The number of para-hydroxylation sites is 3. The third kappa shape index (κ3) is 3.97. The summed E-state index contributed by atoms with van der Waals surface area (Å²) in [6, 6.07) is 15.0. The predicted octanol–water partition coefficient (Wildman–Crippen LogP) is 4.22. The SMILES string of the molecule is CCn1c(SC(C)C(=O)N2c3ccccc3NC(=O)C2(C)C)nnc1-c1ccccc1OC. The van der Waals surface area contributed by atoms with Gasteiger partial charge >= 0.3 is 0 Å². The molecular weight excluding hydrogens is 438 g/mol. The zero-order chi connectivity index (χ0) is 23.8. The number of aromatic nitrogens is 3. The highest BCUT2D eigenvalue weighted by Gasteiger charge is 2.45. The van der Waals surface area contributed by atoms with Crippen molar-refractivity contribution in [1.82, 2.24) is 14.8 Å². The van der Waals surface area contributed by atoms with Gasteiger partial charge in [0.25, 0.3) is 0 Å². The molecule has 0 saturated carbocycles. The molecule has 2 aromatic carbocycles. The molecule has 0 saturated heterocycles. The van der Waals surface area contributed by atoms with Gasteiger partial charge in [-0.25, -0.2) is 0 Å². The second-order valence-electron chi connectivity index (χ2n) is 8.21. The molecule has 0 fully saturated rings. The Kier molecular flexibility index (Phi) is 6.16. The monoisotopic (exact) mass is 465 g/mol. The molecule has 4 rings (SSSR count). The van der Waals surface area contributed by atoms with Crippen LogP contribution in [0.15, 0.2) is 53.7 Å². The number of ether oxygens (including phenoxy) is 1. The Bertz CT molecular complexity index is 1210. The van der Waals surface area contributed by atoms with Gasteiger partial charge in [-0.2, -0.15) is 0 Å². The minimum absolute atomic E-state index is 0.170. The summed E-state index contributed by atoms with van der Waals surface area (Å²) in [6.45, 7) is 7.97. The molecular formula is C24H27N5O3S. The second-order valence-corrected chi connectivity index (χ2v) is 9.52. The van der Waals surface area contributed by atoms with Crippen LogP contribution in [0.5, 0.6) is 5.75 Å². The van der Waals surface area contributed by atoms with E-state index in [1.54, 1.807) is 31.9 Å². The normalized spacial score (nSPS) is 15.5. The smallest absolute Gasteiger partial charge is 0.250 e. The summed E-state index contributed by atoms with van der Waals surface area (Å²) in [5.74, 6) is 0.997. The molecule has 33 heavy (non-hydrogen) atoms. The summed E-state index contributed by atoms with van der Waals surface area (Å²) in [7, 11) is 1.62. The first kappa shape index (κ1) is 22.8. The van der Waals surface area contributed by atoms with Crippen LogP contribution >= 0.6 is 11.8 Å². The van der Waals surface area contributed by atoms with Crippen LogP contribution in [0.25, 0.3) is 11.4 Å². The van der Waals surface area contributed by atoms with Gasteiger partial charge in [0.2, 0.25) is 11.8 Å². The first-order valence-electron chi connectivity index (χ1n) is 10.8. The number of benzene rings is 2. The van der Waals surface area contributed by atoms with E-state index in [1.807, 2.05) is 60.9 Å². The Morgan fingerprint density at radius 1 is 1.15 bits per heavy atom. The van der Waals surface area contributed by atoms with E-state index in [2.05, 4.69) is 15.5 Å². The number of anilines is 2. The molecule has 0 radical (unpaired) electrons. The summed E-state index contributed by atoms with van der Waals surface area (Å²) in [5.41, 5.74) is 1.12. The number of rotatable bonds is 6. The van der Waals surface area contributed by atoms with Crippen molar-refractivity contribution in [2.24, 2.45) is 0 Å². The maximum atomic E-state index is 13.7. The molecule has 2 amide bonds. The highest BCUT2D eigenvalue weighted by atomic mass is 32.2. The lowest BCUT2D eigenvalue weighted by molar-refractivity contribution is -0.126. The number of nitrogens with one attached hydrogen (secondary N) is 1. The van der Waals surface area contributed by atoms with Crippen LogP contribution in [0.3, 0.4) is 0 Å². The molecule has 0 bridgehead atoms. The Labute approximate surface area is 197 Å². The van der Waals surface area contributed by atoms with Gasteiger partial charge in [0.15, 0.2) is 11.0 Å². The Hall–Kier alpha value is -3.33. The number of methoxy groups -OCH3 is 1. The van der Waals surface area contributed by atoms with Crippen LogP contribution in [-0.2, 0) is 16.1 Å². The van der Waals surface area contributed by atoms with Crippen LogP contribution in [0.2, 0.25) is 0 Å². The second kappa shape index (κ2) is 8.90. The van der Waals surface area contributed by atoms with Crippen molar-refractivity contribution in [3.63, 3.8) is 0 Å². The van der Waals surface area contributed by atoms with E-state index in [1.165, 1.54) is 11.8 Å². The van der Waals surface area contributed by atoms with E-state index < -0.39 is 10.8 Å². The van der Waals surface area contributed by atoms with Gasteiger partial charge in [-0.3, -0.25) is 14.5 Å². The standard InChI is InChI=1S/C24H27N5O3S/c1-6-28-20(16-11-7-10-14-19(16)32-5)26-27-23(28)33-15(2)21(30)29-18-13-9-8-12-17(18)25-22(31)24(29,3)4/h7-15H,6H2,1-5H3,(H,25,31). The van der Waals surface area contributed by atoms with Gasteiger partial charge < -0.3 is 14.6 Å². The van der Waals surface area contributed by atoms with Gasteiger partial charge in [-0.15, -0.1) is 10.2 Å². The number of carbonyl (C=O) groups excluding carboxylic acids is 2. The maximum Gasteiger partial charge on any atom is 0.250 e. The van der Waals surface area contributed by atoms with E-state index in [-0.39, 0.29) is 11.8 Å².